The molecule has 108 valence electrons. The maximum Gasteiger partial charge on any atom is 0.248 e. The van der Waals surface area contributed by atoms with Crippen LogP contribution in [-0.4, -0.2) is 38.0 Å². The molecule has 20 heavy (non-hydrogen) atoms. The van der Waals surface area contributed by atoms with Crippen molar-refractivity contribution in [1.82, 2.24) is 4.31 Å². The molecule has 2 N–H and O–H groups in total. The van der Waals surface area contributed by atoms with Gasteiger partial charge in [0, 0.05) is 24.6 Å². The van der Waals surface area contributed by atoms with Crippen LogP contribution >= 0.6 is 0 Å². The lowest BCUT2D eigenvalue weighted by Gasteiger charge is -2.29. The van der Waals surface area contributed by atoms with E-state index in [0.29, 0.717) is 13.0 Å². The van der Waals surface area contributed by atoms with Gasteiger partial charge in [-0.15, -0.1) is 0 Å². The summed E-state index contributed by atoms with van der Waals surface area (Å²) < 4.78 is 26.2. The zero-order valence-corrected chi connectivity index (χ0v) is 11.7. The van der Waals surface area contributed by atoms with Gasteiger partial charge in [0.2, 0.25) is 15.9 Å². The third kappa shape index (κ3) is 2.88. The average Bonchev–Trinajstić information content (AvgIpc) is 2.47. The van der Waals surface area contributed by atoms with Crippen LogP contribution in [-0.2, 0) is 14.8 Å². The topological polar surface area (TPSA) is 97.5 Å². The van der Waals surface area contributed by atoms with Crippen LogP contribution in [0, 0.1) is 5.92 Å². The summed E-state index contributed by atoms with van der Waals surface area (Å²) in [7, 11) is -3.63. The minimum Gasteiger partial charge on any atom is -0.366 e. The number of rotatable bonds is 4. The van der Waals surface area contributed by atoms with Crippen LogP contribution in [0.25, 0.3) is 0 Å². The number of amides is 1. The van der Waals surface area contributed by atoms with Gasteiger partial charge in [-0.05, 0) is 37.1 Å². The third-order valence-electron chi connectivity index (χ3n) is 3.39. The van der Waals surface area contributed by atoms with E-state index in [1.54, 1.807) is 0 Å². The molecule has 1 amide bonds. The quantitative estimate of drug-likeness (QED) is 0.812. The lowest BCUT2D eigenvalue weighted by atomic mass is 10.0. The Bertz CT molecular complexity index is 610. The van der Waals surface area contributed by atoms with E-state index in [1.165, 1.54) is 28.6 Å². The molecular weight excluding hydrogens is 280 g/mol. The number of piperidine rings is 1. The van der Waals surface area contributed by atoms with E-state index < -0.39 is 15.9 Å². The molecule has 0 aliphatic carbocycles. The maximum atomic E-state index is 12.4. The van der Waals surface area contributed by atoms with Crippen molar-refractivity contribution >= 4 is 22.2 Å². The van der Waals surface area contributed by atoms with Gasteiger partial charge in [0.05, 0.1) is 4.90 Å². The molecule has 1 fully saturated rings. The van der Waals surface area contributed by atoms with Gasteiger partial charge in [0.1, 0.15) is 6.29 Å². The first-order chi connectivity index (χ1) is 9.45. The molecule has 1 unspecified atom stereocenters. The number of hydrogen-bond acceptors (Lipinski definition) is 4. The number of carbonyl (C=O) groups excluding carboxylic acids is 2. The highest BCUT2D eigenvalue weighted by Crippen LogP contribution is 2.23. The van der Waals surface area contributed by atoms with Crippen molar-refractivity contribution in [3.63, 3.8) is 0 Å². The maximum absolute atomic E-state index is 12.4. The molecule has 2 rings (SSSR count). The highest BCUT2D eigenvalue weighted by atomic mass is 32.2. The first-order valence-corrected chi connectivity index (χ1v) is 7.74. The fourth-order valence-corrected chi connectivity index (χ4v) is 3.78. The molecular formula is C13H16N2O4S. The lowest BCUT2D eigenvalue weighted by Crippen LogP contribution is -2.40. The number of nitrogens with two attached hydrogens (primary N) is 1. The second kappa shape index (κ2) is 5.72. The first-order valence-electron chi connectivity index (χ1n) is 6.30. The first kappa shape index (κ1) is 14.7. The monoisotopic (exact) mass is 296 g/mol. The predicted molar refractivity (Wildman–Crippen MR) is 72.5 cm³/mol. The Morgan fingerprint density at radius 1 is 1.30 bits per heavy atom. The number of carbonyl (C=O) groups is 2. The van der Waals surface area contributed by atoms with E-state index >= 15 is 0 Å². The van der Waals surface area contributed by atoms with E-state index in [2.05, 4.69) is 0 Å². The van der Waals surface area contributed by atoms with Gasteiger partial charge in [0.15, 0.2) is 0 Å². The molecule has 0 spiro atoms. The summed E-state index contributed by atoms with van der Waals surface area (Å²) in [4.78, 5) is 21.9. The Morgan fingerprint density at radius 3 is 2.50 bits per heavy atom. The Morgan fingerprint density at radius 2 is 1.95 bits per heavy atom. The van der Waals surface area contributed by atoms with Crippen LogP contribution in [0.1, 0.15) is 23.2 Å². The summed E-state index contributed by atoms with van der Waals surface area (Å²) >= 11 is 0. The van der Waals surface area contributed by atoms with Crippen molar-refractivity contribution < 1.29 is 18.0 Å². The van der Waals surface area contributed by atoms with Gasteiger partial charge < -0.3 is 10.5 Å². The van der Waals surface area contributed by atoms with E-state index in [-0.39, 0.29) is 22.9 Å². The van der Waals surface area contributed by atoms with Crippen LogP contribution in [0.15, 0.2) is 29.2 Å². The summed E-state index contributed by atoms with van der Waals surface area (Å²) in [5, 5.41) is 0. The fourth-order valence-electron chi connectivity index (χ4n) is 2.24. The minimum atomic E-state index is -3.63. The number of benzene rings is 1. The van der Waals surface area contributed by atoms with Gasteiger partial charge >= 0.3 is 0 Å². The summed E-state index contributed by atoms with van der Waals surface area (Å²) in [6, 6.07) is 5.49. The van der Waals surface area contributed by atoms with Gasteiger partial charge in [-0.3, -0.25) is 4.79 Å². The van der Waals surface area contributed by atoms with Crippen molar-refractivity contribution in [3.05, 3.63) is 29.8 Å². The van der Waals surface area contributed by atoms with Crippen LogP contribution in [0.2, 0.25) is 0 Å². The van der Waals surface area contributed by atoms with Crippen molar-refractivity contribution in [2.45, 2.75) is 17.7 Å². The van der Waals surface area contributed by atoms with E-state index in [9.17, 15) is 18.0 Å². The van der Waals surface area contributed by atoms with E-state index in [1.807, 2.05) is 0 Å². The molecule has 1 aliphatic rings. The average molecular weight is 296 g/mol. The van der Waals surface area contributed by atoms with Gasteiger partial charge in [0.25, 0.3) is 0 Å². The number of nitrogens with zero attached hydrogens (tertiary/aromatic N) is 1. The Labute approximate surface area is 117 Å². The van der Waals surface area contributed by atoms with Crippen LogP contribution in [0.5, 0.6) is 0 Å². The highest BCUT2D eigenvalue weighted by Gasteiger charge is 2.30. The summed E-state index contributed by atoms with van der Waals surface area (Å²) in [5.74, 6) is -0.851. The second-order valence-corrected chi connectivity index (χ2v) is 6.73. The zero-order chi connectivity index (χ0) is 14.8. The number of hydrogen-bond donors (Lipinski definition) is 1. The van der Waals surface area contributed by atoms with Crippen LogP contribution in [0.3, 0.4) is 0 Å². The molecule has 0 radical (unpaired) electrons. The fraction of sp³-hybridized carbons (Fsp3) is 0.385. The Hall–Kier alpha value is -1.73. The Kier molecular flexibility index (Phi) is 4.20. The summed E-state index contributed by atoms with van der Waals surface area (Å²) in [5.41, 5.74) is 5.37. The second-order valence-electron chi connectivity index (χ2n) is 4.79. The van der Waals surface area contributed by atoms with Crippen molar-refractivity contribution in [2.24, 2.45) is 11.7 Å². The molecule has 0 bridgehead atoms. The van der Waals surface area contributed by atoms with Crippen molar-refractivity contribution in [2.75, 3.05) is 13.1 Å². The van der Waals surface area contributed by atoms with Crippen molar-refractivity contribution in [1.29, 1.82) is 0 Å². The Balaban J connectivity index is 2.25. The smallest absolute Gasteiger partial charge is 0.248 e. The molecule has 6 nitrogen and oxygen atoms in total. The van der Waals surface area contributed by atoms with Crippen LogP contribution in [0.4, 0.5) is 0 Å². The molecule has 1 aromatic carbocycles. The molecule has 1 aromatic rings. The largest absolute Gasteiger partial charge is 0.366 e. The van der Waals surface area contributed by atoms with Gasteiger partial charge in [-0.25, -0.2) is 8.42 Å². The zero-order valence-electron chi connectivity index (χ0n) is 10.9. The van der Waals surface area contributed by atoms with E-state index in [4.69, 9.17) is 5.73 Å². The minimum absolute atomic E-state index is 0.106. The number of sulfonamides is 1. The van der Waals surface area contributed by atoms with Gasteiger partial charge in [-0.2, -0.15) is 4.31 Å². The van der Waals surface area contributed by atoms with E-state index in [0.717, 1.165) is 12.7 Å². The number of aldehydes is 1. The number of primary amides is 1. The molecule has 1 heterocycles. The predicted octanol–water partition coefficient (Wildman–Crippen LogP) is 0.385. The third-order valence-corrected chi connectivity index (χ3v) is 5.27. The lowest BCUT2D eigenvalue weighted by molar-refractivity contribution is -0.112. The summed E-state index contributed by atoms with van der Waals surface area (Å²) in [6.07, 6.45) is 2.19. The standard InChI is InChI=1S/C13H16N2O4S/c14-13(17)11-3-5-12(6-4-11)20(18,19)15-7-1-2-10(8-15)9-16/h3-6,9-10H,1-2,7-8H2,(H2,14,17). The molecule has 7 heteroatoms. The summed E-state index contributed by atoms with van der Waals surface area (Å²) in [6.45, 7) is 0.619. The highest BCUT2D eigenvalue weighted by molar-refractivity contribution is 7.89. The SMILES string of the molecule is NC(=O)c1ccc(S(=O)(=O)N2CCCC(C=O)C2)cc1. The van der Waals surface area contributed by atoms with Gasteiger partial charge in [-0.1, -0.05) is 0 Å². The van der Waals surface area contributed by atoms with Crippen LogP contribution < -0.4 is 5.73 Å². The molecule has 1 aliphatic heterocycles. The normalized spacial score (nSPS) is 20.5. The molecule has 1 atom stereocenters. The van der Waals surface area contributed by atoms with Crippen molar-refractivity contribution in [3.8, 4) is 0 Å². The molecule has 1 saturated heterocycles. The molecule has 0 saturated carbocycles. The molecule has 0 aromatic heterocycles.